The van der Waals surface area contributed by atoms with Gasteiger partial charge in [-0.2, -0.15) is 13.2 Å². The van der Waals surface area contributed by atoms with E-state index in [1.54, 1.807) is 41.6 Å². The van der Waals surface area contributed by atoms with Crippen molar-refractivity contribution in [2.45, 2.75) is 32.5 Å². The van der Waals surface area contributed by atoms with Crippen LogP contribution in [0.2, 0.25) is 5.02 Å². The second-order valence-corrected chi connectivity index (χ2v) is 10.3. The van der Waals surface area contributed by atoms with Crippen molar-refractivity contribution < 1.29 is 23.0 Å². The van der Waals surface area contributed by atoms with Gasteiger partial charge in [0.1, 0.15) is 11.3 Å². The Balaban J connectivity index is 1.84. The number of ether oxygens (including phenoxy) is 1. The van der Waals surface area contributed by atoms with E-state index < -0.39 is 23.1 Å². The third-order valence-corrected chi connectivity index (χ3v) is 7.49. The number of nitrogens with zero attached hydrogens (tertiary/aromatic N) is 5. The maximum atomic E-state index is 15.1. The predicted octanol–water partition coefficient (Wildman–Crippen LogP) is 7.27. The minimum atomic E-state index is -4.83. The number of benzene rings is 2. The number of aliphatic hydroxyl groups is 1. The molecule has 218 valence electrons. The van der Waals surface area contributed by atoms with Gasteiger partial charge in [-0.15, -0.1) is 0 Å². The summed E-state index contributed by atoms with van der Waals surface area (Å²) in [7, 11) is 1.70. The number of imidazole rings is 1. The van der Waals surface area contributed by atoms with Gasteiger partial charge in [0.05, 0.1) is 23.7 Å². The van der Waals surface area contributed by atoms with Crippen LogP contribution in [0.15, 0.2) is 73.3 Å². The normalized spacial score (nSPS) is 13.3. The van der Waals surface area contributed by atoms with Crippen molar-refractivity contribution >= 4 is 28.3 Å². The number of anilines is 1. The lowest BCUT2D eigenvalue weighted by Crippen LogP contribution is -2.31. The highest BCUT2D eigenvalue weighted by molar-refractivity contribution is 6.30. The molecule has 1 N–H and O–H groups in total. The number of aromatic nitrogens is 4. The number of rotatable bonds is 8. The number of hydrogen-bond donors (Lipinski definition) is 1. The van der Waals surface area contributed by atoms with E-state index in [-0.39, 0.29) is 28.0 Å². The van der Waals surface area contributed by atoms with E-state index in [9.17, 15) is 5.11 Å². The summed E-state index contributed by atoms with van der Waals surface area (Å²) in [6.07, 6.45) is -0.334. The first-order valence-electron chi connectivity index (χ1n) is 13.3. The predicted molar refractivity (Wildman–Crippen MR) is 156 cm³/mol. The zero-order valence-electron chi connectivity index (χ0n) is 23.4. The SMILES string of the molecule is CCN(CC)c1nc2ccc(C(O)(c3ccc(C)nc3)c3cncn3C)cc2c(C(F)(F)F)c1Oc1ccc(Cl)cc1. The molecule has 1 atom stereocenters. The molecule has 5 rings (SSSR count). The molecule has 3 heterocycles. The van der Waals surface area contributed by atoms with Crippen LogP contribution < -0.4 is 9.64 Å². The van der Waals surface area contributed by atoms with Crippen LogP contribution in [0, 0.1) is 6.92 Å². The van der Waals surface area contributed by atoms with Gasteiger partial charge < -0.3 is 19.3 Å². The van der Waals surface area contributed by atoms with Gasteiger partial charge in [0, 0.05) is 48.0 Å². The Morgan fingerprint density at radius 2 is 1.67 bits per heavy atom. The van der Waals surface area contributed by atoms with Gasteiger partial charge in [-0.05, 0) is 68.8 Å². The molecule has 0 aliphatic carbocycles. The van der Waals surface area contributed by atoms with Crippen LogP contribution in [0.3, 0.4) is 0 Å². The van der Waals surface area contributed by atoms with Gasteiger partial charge in [-0.25, -0.2) is 9.97 Å². The van der Waals surface area contributed by atoms with E-state index in [1.807, 2.05) is 13.8 Å². The zero-order valence-corrected chi connectivity index (χ0v) is 24.2. The number of pyridine rings is 2. The van der Waals surface area contributed by atoms with Crippen molar-refractivity contribution in [3.05, 3.63) is 106 Å². The van der Waals surface area contributed by atoms with Crippen LogP contribution in [-0.4, -0.2) is 37.7 Å². The third-order valence-electron chi connectivity index (χ3n) is 7.24. The minimum absolute atomic E-state index is 0.0622. The van der Waals surface area contributed by atoms with Crippen molar-refractivity contribution in [2.24, 2.45) is 7.05 Å². The molecule has 0 spiro atoms. The molecule has 0 radical (unpaired) electrons. The summed E-state index contributed by atoms with van der Waals surface area (Å²) in [6.45, 7) is 6.28. The number of hydrogen-bond acceptors (Lipinski definition) is 6. The summed E-state index contributed by atoms with van der Waals surface area (Å²) < 4.78 is 52.9. The summed E-state index contributed by atoms with van der Waals surface area (Å²) in [5.74, 6) is -0.195. The Morgan fingerprint density at radius 3 is 2.24 bits per heavy atom. The smallest absolute Gasteiger partial charge is 0.420 e. The number of halogens is 4. The van der Waals surface area contributed by atoms with Crippen LogP contribution >= 0.6 is 11.6 Å². The summed E-state index contributed by atoms with van der Waals surface area (Å²) in [5, 5.41) is 12.5. The van der Waals surface area contributed by atoms with Crippen molar-refractivity contribution in [3.8, 4) is 11.5 Å². The second kappa shape index (κ2) is 11.3. The molecule has 2 aromatic carbocycles. The van der Waals surface area contributed by atoms with E-state index in [1.165, 1.54) is 55.1 Å². The van der Waals surface area contributed by atoms with Gasteiger partial charge >= 0.3 is 6.18 Å². The number of aryl methyl sites for hydroxylation is 2. The van der Waals surface area contributed by atoms with E-state index in [0.717, 1.165) is 5.69 Å². The average Bonchev–Trinajstić information content (AvgIpc) is 3.40. The third kappa shape index (κ3) is 5.28. The fourth-order valence-electron chi connectivity index (χ4n) is 5.04. The molecule has 1 unspecified atom stereocenters. The highest BCUT2D eigenvalue weighted by Gasteiger charge is 2.42. The highest BCUT2D eigenvalue weighted by atomic mass is 35.5. The molecule has 0 fully saturated rings. The fraction of sp³-hybridized carbons (Fsp3) is 0.258. The van der Waals surface area contributed by atoms with Crippen LogP contribution in [0.4, 0.5) is 19.0 Å². The summed E-state index contributed by atoms with van der Waals surface area (Å²) in [4.78, 5) is 14.8. The van der Waals surface area contributed by atoms with Crippen molar-refractivity contribution in [1.82, 2.24) is 19.5 Å². The van der Waals surface area contributed by atoms with Gasteiger partial charge in [-0.3, -0.25) is 4.98 Å². The molecule has 11 heteroatoms. The first-order chi connectivity index (χ1) is 20.0. The van der Waals surface area contributed by atoms with Crippen LogP contribution in [0.25, 0.3) is 10.9 Å². The molecule has 0 bridgehead atoms. The molecule has 5 aromatic rings. The molecule has 0 amide bonds. The topological polar surface area (TPSA) is 76.3 Å². The molecule has 3 aromatic heterocycles. The standard InChI is InChI=1S/C31H29ClF3N5O2/c1-5-40(6-2)29-28(42-23-12-10-22(32)11-13-23)27(31(33,34)35)24-15-20(9-14-25(24)38-29)30(41,26-17-36-18-39(26)4)21-8-7-19(3)37-16-21/h7-18,41H,5-6H2,1-4H3. The molecule has 7 nitrogen and oxygen atoms in total. The molecule has 0 aliphatic rings. The Labute approximate surface area is 246 Å². The summed E-state index contributed by atoms with van der Waals surface area (Å²) in [5.41, 5.74) is -1.14. The van der Waals surface area contributed by atoms with Crippen LogP contribution in [0.1, 0.15) is 41.9 Å². The maximum absolute atomic E-state index is 15.1. The molecular formula is C31H29ClF3N5O2. The van der Waals surface area contributed by atoms with Gasteiger partial charge in [0.15, 0.2) is 17.2 Å². The van der Waals surface area contributed by atoms with Gasteiger partial charge in [0.2, 0.25) is 0 Å². The first-order valence-corrected chi connectivity index (χ1v) is 13.7. The van der Waals surface area contributed by atoms with Gasteiger partial charge in [-0.1, -0.05) is 23.7 Å². The van der Waals surface area contributed by atoms with E-state index in [4.69, 9.17) is 16.3 Å². The number of fused-ring (bicyclic) bond motifs is 1. The lowest BCUT2D eigenvalue weighted by atomic mass is 9.83. The monoisotopic (exact) mass is 595 g/mol. The van der Waals surface area contributed by atoms with Crippen molar-refractivity contribution in [3.63, 3.8) is 0 Å². The molecule has 0 saturated carbocycles. The Bertz CT molecular complexity index is 1720. The second-order valence-electron chi connectivity index (χ2n) is 9.89. The summed E-state index contributed by atoms with van der Waals surface area (Å²) in [6, 6.07) is 13.9. The van der Waals surface area contributed by atoms with E-state index in [2.05, 4.69) is 15.0 Å². The van der Waals surface area contributed by atoms with Gasteiger partial charge in [0.25, 0.3) is 0 Å². The van der Waals surface area contributed by atoms with Crippen molar-refractivity contribution in [1.29, 1.82) is 0 Å². The Hall–Kier alpha value is -4.15. The largest absolute Gasteiger partial charge is 0.453 e. The molecule has 0 saturated heterocycles. The van der Waals surface area contributed by atoms with E-state index in [0.29, 0.717) is 29.4 Å². The number of alkyl halides is 3. The average molecular weight is 596 g/mol. The molecule has 42 heavy (non-hydrogen) atoms. The Morgan fingerprint density at radius 1 is 0.976 bits per heavy atom. The molecule has 0 aliphatic heterocycles. The lowest BCUT2D eigenvalue weighted by molar-refractivity contribution is -0.137. The van der Waals surface area contributed by atoms with Crippen LogP contribution in [0.5, 0.6) is 11.5 Å². The van der Waals surface area contributed by atoms with Crippen molar-refractivity contribution in [2.75, 3.05) is 18.0 Å². The fourth-order valence-corrected chi connectivity index (χ4v) is 5.17. The Kier molecular flexibility index (Phi) is 7.87. The maximum Gasteiger partial charge on any atom is 0.420 e. The quantitative estimate of drug-likeness (QED) is 0.203. The minimum Gasteiger partial charge on any atom is -0.453 e. The lowest BCUT2D eigenvalue weighted by Gasteiger charge is -2.30. The first kappa shape index (κ1) is 29.3. The van der Waals surface area contributed by atoms with E-state index >= 15 is 13.2 Å². The van der Waals surface area contributed by atoms with Crippen LogP contribution in [-0.2, 0) is 18.8 Å². The molecular weight excluding hydrogens is 567 g/mol. The highest BCUT2D eigenvalue weighted by Crippen LogP contribution is 2.48. The zero-order chi connectivity index (χ0) is 30.2. The summed E-state index contributed by atoms with van der Waals surface area (Å²) >= 11 is 6.01.